The molecule has 0 aromatic heterocycles. The Morgan fingerprint density at radius 2 is 1.60 bits per heavy atom. The summed E-state index contributed by atoms with van der Waals surface area (Å²) in [5.74, 6) is 0.235. The monoisotopic (exact) mass is 601 g/mol. The molecule has 1 heterocycles. The van der Waals surface area contributed by atoms with Gasteiger partial charge in [-0.1, -0.05) is 38.1 Å². The predicted molar refractivity (Wildman–Crippen MR) is 150 cm³/mol. The van der Waals surface area contributed by atoms with Gasteiger partial charge in [-0.2, -0.15) is 26.3 Å². The first-order chi connectivity index (χ1) is 19.3. The molecule has 1 aliphatic rings. The number of aryl methyl sites for hydroxylation is 1. The molecule has 1 aliphatic heterocycles. The van der Waals surface area contributed by atoms with Crippen molar-refractivity contribution in [1.29, 1.82) is 0 Å². The molecule has 2 aromatic rings. The lowest BCUT2D eigenvalue weighted by Crippen LogP contribution is -2.49. The molecule has 3 unspecified atom stereocenters. The fourth-order valence-electron chi connectivity index (χ4n) is 5.79. The standard InChI is InChI=1S/C31H41F6N3O2/c1-20-9-7-8-10-26(20)27-13-22(17-38(5)18-29(3,4)19-41)11-12-40(27)28(42)39(6)21(2)23-14-24(30(32,33)34)16-25(15-23)31(35,36)37/h7-10,14-16,21-22,27,41H,11-13,17-19H2,1-6H3. The molecule has 1 saturated heterocycles. The summed E-state index contributed by atoms with van der Waals surface area (Å²) in [6.45, 7) is 9.23. The Morgan fingerprint density at radius 3 is 2.12 bits per heavy atom. The second-order valence-corrected chi connectivity index (χ2v) is 12.4. The molecule has 3 rings (SSSR count). The van der Waals surface area contributed by atoms with E-state index in [-0.39, 0.29) is 35.6 Å². The molecule has 11 heteroatoms. The average Bonchev–Trinajstić information content (AvgIpc) is 2.90. The zero-order valence-electron chi connectivity index (χ0n) is 25.0. The molecule has 234 valence electrons. The lowest BCUT2D eigenvalue weighted by molar-refractivity contribution is -0.143. The summed E-state index contributed by atoms with van der Waals surface area (Å²) in [6.07, 6.45) is -8.63. The van der Waals surface area contributed by atoms with Crippen LogP contribution in [0.15, 0.2) is 42.5 Å². The summed E-state index contributed by atoms with van der Waals surface area (Å²) in [4.78, 5) is 19.0. The van der Waals surface area contributed by atoms with Crippen molar-refractivity contribution in [3.05, 3.63) is 70.3 Å². The van der Waals surface area contributed by atoms with Crippen LogP contribution >= 0.6 is 0 Å². The van der Waals surface area contributed by atoms with Crippen LogP contribution in [0.1, 0.15) is 73.5 Å². The molecule has 0 aliphatic carbocycles. The zero-order valence-corrected chi connectivity index (χ0v) is 25.0. The van der Waals surface area contributed by atoms with Crippen LogP contribution in [-0.2, 0) is 12.4 Å². The summed E-state index contributed by atoms with van der Waals surface area (Å²) in [5.41, 5.74) is -1.40. The Kier molecular flexibility index (Phi) is 10.3. The van der Waals surface area contributed by atoms with Crippen molar-refractivity contribution in [2.45, 2.75) is 65.0 Å². The summed E-state index contributed by atoms with van der Waals surface area (Å²) in [6, 6.07) is 7.30. The van der Waals surface area contributed by atoms with Crippen LogP contribution in [0.5, 0.6) is 0 Å². The highest BCUT2D eigenvalue weighted by atomic mass is 19.4. The molecule has 2 aromatic carbocycles. The Morgan fingerprint density at radius 1 is 1.02 bits per heavy atom. The minimum Gasteiger partial charge on any atom is -0.396 e. The summed E-state index contributed by atoms with van der Waals surface area (Å²) in [5, 5.41) is 9.67. The van der Waals surface area contributed by atoms with E-state index in [2.05, 4.69) is 4.90 Å². The van der Waals surface area contributed by atoms with Gasteiger partial charge >= 0.3 is 18.4 Å². The van der Waals surface area contributed by atoms with Crippen molar-refractivity contribution in [3.8, 4) is 0 Å². The molecular weight excluding hydrogens is 560 g/mol. The van der Waals surface area contributed by atoms with Crippen molar-refractivity contribution in [2.24, 2.45) is 11.3 Å². The number of likely N-dealkylation sites (tertiary alicyclic amines) is 1. The molecule has 5 nitrogen and oxygen atoms in total. The van der Waals surface area contributed by atoms with Crippen LogP contribution in [0.25, 0.3) is 0 Å². The highest BCUT2D eigenvalue weighted by molar-refractivity contribution is 5.75. The molecule has 0 spiro atoms. The summed E-state index contributed by atoms with van der Waals surface area (Å²) < 4.78 is 81.0. The lowest BCUT2D eigenvalue weighted by Gasteiger charge is -2.44. The molecule has 3 atom stereocenters. The number of rotatable bonds is 8. The van der Waals surface area contributed by atoms with E-state index in [9.17, 15) is 36.2 Å². The van der Waals surface area contributed by atoms with Crippen molar-refractivity contribution in [2.75, 3.05) is 40.3 Å². The maximum Gasteiger partial charge on any atom is 0.416 e. The second kappa shape index (κ2) is 12.8. The average molecular weight is 602 g/mol. The van der Waals surface area contributed by atoms with Gasteiger partial charge in [0, 0.05) is 38.7 Å². The van der Waals surface area contributed by atoms with Crippen LogP contribution in [0.4, 0.5) is 31.1 Å². The van der Waals surface area contributed by atoms with Gasteiger partial charge in [0.1, 0.15) is 0 Å². The fourth-order valence-corrected chi connectivity index (χ4v) is 5.79. The lowest BCUT2D eigenvalue weighted by atomic mass is 9.85. The second-order valence-electron chi connectivity index (χ2n) is 12.4. The highest BCUT2D eigenvalue weighted by Crippen LogP contribution is 2.40. The number of carbonyl (C=O) groups excluding carboxylic acids is 1. The predicted octanol–water partition coefficient (Wildman–Crippen LogP) is 7.55. The number of carbonyl (C=O) groups is 1. The Bertz CT molecular complexity index is 1200. The van der Waals surface area contributed by atoms with E-state index in [4.69, 9.17) is 0 Å². The number of halogens is 6. The third-order valence-corrected chi connectivity index (χ3v) is 8.18. The number of alkyl halides is 6. The van der Waals surface area contributed by atoms with Crippen LogP contribution < -0.4 is 0 Å². The van der Waals surface area contributed by atoms with Gasteiger partial charge in [0.25, 0.3) is 0 Å². The van der Waals surface area contributed by atoms with E-state index in [0.29, 0.717) is 38.1 Å². The normalized spacial score (nSPS) is 19.2. The summed E-state index contributed by atoms with van der Waals surface area (Å²) in [7, 11) is 3.41. The van der Waals surface area contributed by atoms with E-state index in [1.165, 1.54) is 18.9 Å². The van der Waals surface area contributed by atoms with E-state index < -0.39 is 35.6 Å². The number of amides is 2. The van der Waals surface area contributed by atoms with Gasteiger partial charge < -0.3 is 19.8 Å². The van der Waals surface area contributed by atoms with E-state index in [0.717, 1.165) is 17.7 Å². The Labute approximate surface area is 244 Å². The first-order valence-corrected chi connectivity index (χ1v) is 14.0. The van der Waals surface area contributed by atoms with E-state index in [1.807, 2.05) is 52.1 Å². The topological polar surface area (TPSA) is 47.0 Å². The van der Waals surface area contributed by atoms with Gasteiger partial charge in [-0.05, 0) is 74.5 Å². The van der Waals surface area contributed by atoms with Gasteiger partial charge in [-0.15, -0.1) is 0 Å². The molecule has 0 radical (unpaired) electrons. The van der Waals surface area contributed by atoms with E-state index in [1.54, 1.807) is 4.90 Å². The number of hydrogen-bond acceptors (Lipinski definition) is 3. The fraction of sp³-hybridized carbons (Fsp3) is 0.581. The van der Waals surface area contributed by atoms with Crippen molar-refractivity contribution in [3.63, 3.8) is 0 Å². The van der Waals surface area contributed by atoms with Crippen molar-refractivity contribution >= 4 is 6.03 Å². The minimum atomic E-state index is -4.98. The molecule has 2 amide bonds. The quantitative estimate of drug-likeness (QED) is 0.318. The number of benzene rings is 2. The van der Waals surface area contributed by atoms with Crippen molar-refractivity contribution < 1.29 is 36.2 Å². The minimum absolute atomic E-state index is 0.0526. The molecule has 1 N–H and O–H groups in total. The van der Waals surface area contributed by atoms with Gasteiger partial charge in [0.15, 0.2) is 0 Å². The Hall–Kier alpha value is -2.79. The number of piperidine rings is 1. The zero-order chi connectivity index (χ0) is 31.6. The Balaban J connectivity index is 1.90. The number of urea groups is 1. The van der Waals surface area contributed by atoms with Crippen LogP contribution in [-0.4, -0.2) is 66.2 Å². The largest absolute Gasteiger partial charge is 0.416 e. The smallest absolute Gasteiger partial charge is 0.396 e. The first-order valence-electron chi connectivity index (χ1n) is 14.0. The van der Waals surface area contributed by atoms with Gasteiger partial charge in [0.05, 0.1) is 23.2 Å². The van der Waals surface area contributed by atoms with Gasteiger partial charge in [-0.3, -0.25) is 0 Å². The maximum absolute atomic E-state index is 13.9. The molecule has 42 heavy (non-hydrogen) atoms. The molecule has 0 saturated carbocycles. The molecule has 1 fully saturated rings. The number of hydrogen-bond donors (Lipinski definition) is 1. The maximum atomic E-state index is 13.9. The third-order valence-electron chi connectivity index (χ3n) is 8.18. The molecule has 0 bridgehead atoms. The van der Waals surface area contributed by atoms with Gasteiger partial charge in [-0.25, -0.2) is 4.79 Å². The third kappa shape index (κ3) is 8.18. The van der Waals surface area contributed by atoms with Gasteiger partial charge in [0.2, 0.25) is 0 Å². The number of aliphatic hydroxyl groups excluding tert-OH is 1. The first kappa shape index (κ1) is 33.7. The molecular formula is C31H41F6N3O2. The number of nitrogens with zero attached hydrogens (tertiary/aromatic N) is 3. The van der Waals surface area contributed by atoms with Crippen molar-refractivity contribution in [1.82, 2.24) is 14.7 Å². The van der Waals surface area contributed by atoms with Crippen LogP contribution in [0.2, 0.25) is 0 Å². The van der Waals surface area contributed by atoms with E-state index >= 15 is 0 Å². The summed E-state index contributed by atoms with van der Waals surface area (Å²) >= 11 is 0. The number of aliphatic hydroxyl groups is 1. The van der Waals surface area contributed by atoms with Crippen LogP contribution in [0, 0.1) is 18.3 Å². The van der Waals surface area contributed by atoms with Crippen LogP contribution in [0.3, 0.4) is 0 Å². The highest BCUT2D eigenvalue weighted by Gasteiger charge is 2.39. The SMILES string of the molecule is Cc1ccccc1C1CC(CN(C)CC(C)(C)CO)CCN1C(=O)N(C)C(C)c1cc(C(F)(F)F)cc(C(F)(F)F)c1.